The molecular weight excluding hydrogens is 370 g/mol. The van der Waals surface area contributed by atoms with Crippen molar-refractivity contribution in [2.45, 2.75) is 19.3 Å². The van der Waals surface area contributed by atoms with Crippen molar-refractivity contribution in [1.29, 1.82) is 0 Å². The van der Waals surface area contributed by atoms with E-state index in [2.05, 4.69) is 15.3 Å². The largest absolute Gasteiger partial charge is 0.490 e. The third-order valence-corrected chi connectivity index (χ3v) is 2.58. The Morgan fingerprint density at radius 1 is 1.08 bits per heavy atom. The number of nitrogen functional groups attached to an aromatic ring is 1. The maximum atomic E-state index is 12.4. The lowest BCUT2D eigenvalue weighted by Crippen LogP contribution is -2.21. The van der Waals surface area contributed by atoms with Crippen LogP contribution in [0.3, 0.4) is 0 Å². The Balaban J connectivity index is 0.000000412. The number of aliphatic carboxylic acids is 1. The fourth-order valence-electron chi connectivity index (χ4n) is 1.52. The second kappa shape index (κ2) is 7.89. The van der Waals surface area contributed by atoms with Gasteiger partial charge in [0.05, 0.1) is 5.56 Å². The molecule has 0 fully saturated rings. The number of nitrogens with zero attached hydrogens (tertiary/aromatic N) is 2. The van der Waals surface area contributed by atoms with E-state index in [1.807, 2.05) is 0 Å². The van der Waals surface area contributed by atoms with Crippen molar-refractivity contribution in [1.82, 2.24) is 9.97 Å². The van der Waals surface area contributed by atoms with Gasteiger partial charge >= 0.3 is 18.3 Å². The Morgan fingerprint density at radius 3 is 1.96 bits per heavy atom. The Morgan fingerprint density at radius 2 is 1.58 bits per heavy atom. The quantitative estimate of drug-likeness (QED) is 0.684. The zero-order valence-corrected chi connectivity index (χ0v) is 13.0. The molecule has 0 saturated heterocycles. The minimum atomic E-state index is -5.08. The summed E-state index contributed by atoms with van der Waals surface area (Å²) in [4.78, 5) is 16.9. The number of halogens is 6. The Hall–Kier alpha value is -3.05. The van der Waals surface area contributed by atoms with Crippen LogP contribution in [-0.4, -0.2) is 27.2 Å². The first-order valence-electron chi connectivity index (χ1n) is 6.64. The van der Waals surface area contributed by atoms with Crippen molar-refractivity contribution in [3.63, 3.8) is 0 Å². The summed E-state index contributed by atoms with van der Waals surface area (Å²) in [6, 6.07) is 6.19. The zero-order valence-electron chi connectivity index (χ0n) is 13.0. The topological polar surface area (TPSA) is 101 Å². The highest BCUT2D eigenvalue weighted by Crippen LogP contribution is 2.30. The van der Waals surface area contributed by atoms with E-state index in [4.69, 9.17) is 15.6 Å². The van der Waals surface area contributed by atoms with E-state index in [1.54, 1.807) is 13.0 Å². The van der Waals surface area contributed by atoms with Gasteiger partial charge in [0.25, 0.3) is 0 Å². The molecule has 2 rings (SSSR count). The van der Waals surface area contributed by atoms with E-state index in [0.29, 0.717) is 17.2 Å². The van der Waals surface area contributed by atoms with Gasteiger partial charge in [-0.1, -0.05) is 0 Å². The minimum Gasteiger partial charge on any atom is -0.475 e. The fourth-order valence-corrected chi connectivity index (χ4v) is 1.52. The van der Waals surface area contributed by atoms with Crippen LogP contribution in [0.2, 0.25) is 0 Å². The number of hydrogen-bond acceptors (Lipinski definition) is 5. The van der Waals surface area contributed by atoms with Gasteiger partial charge in [-0.3, -0.25) is 0 Å². The molecule has 0 radical (unpaired) electrons. The number of alkyl halides is 6. The molecule has 2 aromatic rings. The van der Waals surface area contributed by atoms with Crippen LogP contribution < -0.4 is 11.1 Å². The molecule has 142 valence electrons. The third-order valence-electron chi connectivity index (χ3n) is 2.58. The van der Waals surface area contributed by atoms with Crippen molar-refractivity contribution < 1.29 is 36.2 Å². The molecule has 1 aromatic heterocycles. The molecule has 6 nitrogen and oxygen atoms in total. The standard InChI is InChI=1S/C12H11F3N4.C2HF3O2/c1-7-6-10(16)19-11(17-7)18-9-4-2-8(3-5-9)12(13,14)15;3-2(4,5)1(6)7/h2-6H,1H3,(H3,16,17,18,19);(H,6,7). The van der Waals surface area contributed by atoms with Gasteiger partial charge in [-0.15, -0.1) is 0 Å². The lowest BCUT2D eigenvalue weighted by Gasteiger charge is -2.09. The van der Waals surface area contributed by atoms with Crippen molar-refractivity contribution in [2.24, 2.45) is 0 Å². The number of carboxylic acids is 1. The summed E-state index contributed by atoms with van der Waals surface area (Å²) >= 11 is 0. The Kier molecular flexibility index (Phi) is 6.37. The van der Waals surface area contributed by atoms with E-state index >= 15 is 0 Å². The van der Waals surface area contributed by atoms with Crippen molar-refractivity contribution in [3.8, 4) is 0 Å². The average Bonchev–Trinajstić information content (AvgIpc) is 2.45. The highest BCUT2D eigenvalue weighted by Gasteiger charge is 2.38. The first-order valence-corrected chi connectivity index (χ1v) is 6.64. The van der Waals surface area contributed by atoms with Gasteiger partial charge in [0.1, 0.15) is 5.82 Å². The zero-order chi connectivity index (χ0) is 20.1. The van der Waals surface area contributed by atoms with Crippen molar-refractivity contribution in [2.75, 3.05) is 11.1 Å². The van der Waals surface area contributed by atoms with Crippen LogP contribution in [0.15, 0.2) is 30.3 Å². The van der Waals surface area contributed by atoms with Crippen LogP contribution in [-0.2, 0) is 11.0 Å². The number of carbonyl (C=O) groups is 1. The normalized spacial score (nSPS) is 11.3. The molecule has 0 unspecified atom stereocenters. The number of nitrogens with one attached hydrogen (secondary N) is 1. The predicted molar refractivity (Wildman–Crippen MR) is 79.6 cm³/mol. The number of anilines is 3. The number of aromatic nitrogens is 2. The van der Waals surface area contributed by atoms with E-state index < -0.39 is 23.9 Å². The lowest BCUT2D eigenvalue weighted by molar-refractivity contribution is -0.192. The summed E-state index contributed by atoms with van der Waals surface area (Å²) < 4.78 is 68.9. The van der Waals surface area contributed by atoms with E-state index in [0.717, 1.165) is 12.1 Å². The van der Waals surface area contributed by atoms with Crippen LogP contribution in [0.25, 0.3) is 0 Å². The molecule has 4 N–H and O–H groups in total. The number of rotatable bonds is 2. The summed E-state index contributed by atoms with van der Waals surface area (Å²) in [6.45, 7) is 1.75. The maximum absolute atomic E-state index is 12.4. The van der Waals surface area contributed by atoms with Crippen LogP contribution >= 0.6 is 0 Å². The highest BCUT2D eigenvalue weighted by atomic mass is 19.4. The molecule has 1 heterocycles. The van der Waals surface area contributed by atoms with Gasteiger partial charge in [0, 0.05) is 17.4 Å². The Bertz CT molecular complexity index is 739. The molecule has 1 aromatic carbocycles. The first-order chi connectivity index (χ1) is 11.8. The van der Waals surface area contributed by atoms with Crippen LogP contribution in [0.5, 0.6) is 0 Å². The van der Waals surface area contributed by atoms with Crippen molar-refractivity contribution in [3.05, 3.63) is 41.6 Å². The van der Waals surface area contributed by atoms with E-state index in [-0.39, 0.29) is 5.95 Å². The number of aryl methyl sites for hydroxylation is 1. The van der Waals surface area contributed by atoms with E-state index in [9.17, 15) is 26.3 Å². The fraction of sp³-hybridized carbons (Fsp3) is 0.214. The summed E-state index contributed by atoms with van der Waals surface area (Å²) in [5, 5.41) is 9.92. The monoisotopic (exact) mass is 382 g/mol. The molecule has 0 spiro atoms. The Labute approximate surface area is 142 Å². The second-order valence-corrected chi connectivity index (χ2v) is 4.76. The summed E-state index contributed by atoms with van der Waals surface area (Å²) in [6.07, 6.45) is -9.43. The molecular formula is C14H12F6N4O2. The number of benzene rings is 1. The van der Waals surface area contributed by atoms with E-state index in [1.165, 1.54) is 12.1 Å². The molecule has 12 heteroatoms. The van der Waals surface area contributed by atoms with Gasteiger partial charge in [-0.2, -0.15) is 31.3 Å². The van der Waals surface area contributed by atoms with Crippen LogP contribution in [0.4, 0.5) is 43.8 Å². The molecule has 0 aliphatic rings. The van der Waals surface area contributed by atoms with Gasteiger partial charge in [-0.05, 0) is 31.2 Å². The van der Waals surface area contributed by atoms with Crippen LogP contribution in [0.1, 0.15) is 11.3 Å². The first kappa shape index (κ1) is 21.0. The minimum absolute atomic E-state index is 0.247. The van der Waals surface area contributed by atoms with Gasteiger partial charge in [0.15, 0.2) is 0 Å². The van der Waals surface area contributed by atoms with Gasteiger partial charge in [0.2, 0.25) is 5.95 Å². The molecule has 0 saturated carbocycles. The molecule has 0 aliphatic heterocycles. The van der Waals surface area contributed by atoms with Crippen LogP contribution in [0, 0.1) is 6.92 Å². The smallest absolute Gasteiger partial charge is 0.475 e. The molecule has 0 atom stereocenters. The number of hydrogen-bond donors (Lipinski definition) is 3. The third kappa shape index (κ3) is 6.83. The lowest BCUT2D eigenvalue weighted by atomic mass is 10.2. The summed E-state index contributed by atoms with van der Waals surface area (Å²) in [7, 11) is 0. The molecule has 0 aliphatic carbocycles. The number of carboxylic acid groups (broad SMARTS) is 1. The molecule has 0 bridgehead atoms. The van der Waals surface area contributed by atoms with Crippen molar-refractivity contribution >= 4 is 23.4 Å². The average molecular weight is 382 g/mol. The maximum Gasteiger partial charge on any atom is 0.490 e. The molecule has 0 amide bonds. The summed E-state index contributed by atoms with van der Waals surface area (Å²) in [5.41, 5.74) is 5.97. The number of nitrogens with two attached hydrogens (primary N) is 1. The highest BCUT2D eigenvalue weighted by molar-refractivity contribution is 5.73. The van der Waals surface area contributed by atoms with Gasteiger partial charge < -0.3 is 16.2 Å². The predicted octanol–water partition coefficient (Wildman–Crippen LogP) is 3.76. The molecule has 26 heavy (non-hydrogen) atoms. The summed E-state index contributed by atoms with van der Waals surface area (Å²) in [5.74, 6) is -2.22. The van der Waals surface area contributed by atoms with Gasteiger partial charge in [-0.25, -0.2) is 9.78 Å². The second-order valence-electron chi connectivity index (χ2n) is 4.76. The SMILES string of the molecule is Cc1cc(N)nc(Nc2ccc(C(F)(F)F)cc2)n1.O=C(O)C(F)(F)F.